The lowest BCUT2D eigenvalue weighted by atomic mass is 10.0. The van der Waals surface area contributed by atoms with Gasteiger partial charge in [-0.25, -0.2) is 0 Å². The molecule has 0 aliphatic carbocycles. The van der Waals surface area contributed by atoms with Gasteiger partial charge in [0.15, 0.2) is 0 Å². The molecule has 0 aromatic heterocycles. The Morgan fingerprint density at radius 2 is 2.11 bits per heavy atom. The number of ether oxygens (including phenoxy) is 1. The Bertz CT molecular complexity index is 416. The summed E-state index contributed by atoms with van der Waals surface area (Å²) in [4.78, 5) is 13.3. The topological polar surface area (TPSA) is 49.8 Å². The highest BCUT2D eigenvalue weighted by atomic mass is 16.5. The summed E-state index contributed by atoms with van der Waals surface area (Å²) < 4.78 is 5.12. The van der Waals surface area contributed by atoms with Crippen molar-refractivity contribution in [2.45, 2.75) is 25.9 Å². The summed E-state index contributed by atoms with van der Waals surface area (Å²) in [5.74, 6) is -0.0698. The Kier molecular flexibility index (Phi) is 3.87. The fourth-order valence-corrected chi connectivity index (χ4v) is 2.52. The lowest BCUT2D eigenvalue weighted by molar-refractivity contribution is -0.142. The van der Waals surface area contributed by atoms with Crippen molar-refractivity contribution in [3.63, 3.8) is 0 Å². The van der Waals surface area contributed by atoms with Crippen LogP contribution in [0.15, 0.2) is 24.3 Å². The van der Waals surface area contributed by atoms with E-state index in [0.717, 1.165) is 25.3 Å². The zero-order valence-electron chi connectivity index (χ0n) is 10.8. The van der Waals surface area contributed by atoms with E-state index in [1.165, 1.54) is 5.56 Å². The van der Waals surface area contributed by atoms with Gasteiger partial charge in [0.2, 0.25) is 0 Å². The molecule has 2 rings (SSSR count). The van der Waals surface area contributed by atoms with Gasteiger partial charge >= 0.3 is 5.97 Å². The van der Waals surface area contributed by atoms with Gasteiger partial charge in [-0.3, -0.25) is 9.69 Å². The van der Waals surface area contributed by atoms with Crippen molar-refractivity contribution in [1.82, 2.24) is 4.90 Å². The highest BCUT2D eigenvalue weighted by Crippen LogP contribution is 2.26. The molecule has 1 N–H and O–H groups in total. The highest BCUT2D eigenvalue weighted by molar-refractivity contribution is 5.71. The molecule has 0 spiro atoms. The third-order valence-corrected chi connectivity index (χ3v) is 3.75. The van der Waals surface area contributed by atoms with Gasteiger partial charge in [0.05, 0.1) is 13.0 Å². The van der Waals surface area contributed by atoms with Crippen LogP contribution in [0.2, 0.25) is 0 Å². The molecule has 18 heavy (non-hydrogen) atoms. The van der Waals surface area contributed by atoms with Crippen LogP contribution < -0.4 is 4.74 Å². The lowest BCUT2D eigenvalue weighted by Gasteiger charge is -2.23. The number of nitrogens with zero attached hydrogens (tertiary/aromatic N) is 1. The SMILES string of the molecule is COc1ccc(CN2CCC(C(=O)O)C2C)cc1. The Morgan fingerprint density at radius 1 is 1.44 bits per heavy atom. The third-order valence-electron chi connectivity index (χ3n) is 3.75. The largest absolute Gasteiger partial charge is 0.497 e. The second-order valence-electron chi connectivity index (χ2n) is 4.79. The number of methoxy groups -OCH3 is 1. The first-order valence-electron chi connectivity index (χ1n) is 6.21. The third kappa shape index (κ3) is 2.64. The Morgan fingerprint density at radius 3 is 2.61 bits per heavy atom. The minimum Gasteiger partial charge on any atom is -0.497 e. The summed E-state index contributed by atoms with van der Waals surface area (Å²) in [5, 5.41) is 9.09. The maximum Gasteiger partial charge on any atom is 0.308 e. The number of hydrogen-bond acceptors (Lipinski definition) is 3. The fraction of sp³-hybridized carbons (Fsp3) is 0.500. The molecule has 4 nitrogen and oxygen atoms in total. The second kappa shape index (κ2) is 5.40. The molecular weight excluding hydrogens is 230 g/mol. The summed E-state index contributed by atoms with van der Waals surface area (Å²) in [7, 11) is 1.65. The number of likely N-dealkylation sites (tertiary alicyclic amines) is 1. The van der Waals surface area contributed by atoms with Gasteiger partial charge < -0.3 is 9.84 Å². The van der Waals surface area contributed by atoms with Crippen molar-refractivity contribution in [3.8, 4) is 5.75 Å². The summed E-state index contributed by atoms with van der Waals surface area (Å²) in [6.07, 6.45) is 0.743. The molecule has 1 aliphatic rings. The van der Waals surface area contributed by atoms with Crippen molar-refractivity contribution in [2.75, 3.05) is 13.7 Å². The number of carbonyl (C=O) groups is 1. The van der Waals surface area contributed by atoms with Crippen LogP contribution in [0.4, 0.5) is 0 Å². The van der Waals surface area contributed by atoms with Crippen LogP contribution >= 0.6 is 0 Å². The Balaban J connectivity index is 1.99. The van der Waals surface area contributed by atoms with Crippen LogP contribution in [-0.4, -0.2) is 35.7 Å². The molecular formula is C14H19NO3. The zero-order valence-corrected chi connectivity index (χ0v) is 10.8. The molecule has 1 aromatic rings. The standard InChI is InChI=1S/C14H19NO3/c1-10-13(14(16)17)7-8-15(10)9-11-3-5-12(18-2)6-4-11/h3-6,10,13H,7-9H2,1-2H3,(H,16,17). The van der Waals surface area contributed by atoms with Gasteiger partial charge in [-0.05, 0) is 37.6 Å². The number of hydrogen-bond donors (Lipinski definition) is 1. The molecule has 1 aromatic carbocycles. The van der Waals surface area contributed by atoms with Gasteiger partial charge in [0, 0.05) is 12.6 Å². The molecule has 0 saturated carbocycles. The first kappa shape index (κ1) is 12.9. The van der Waals surface area contributed by atoms with Crippen molar-refractivity contribution in [3.05, 3.63) is 29.8 Å². The predicted octanol–water partition coefficient (Wildman–Crippen LogP) is 1.99. The smallest absolute Gasteiger partial charge is 0.308 e. The van der Waals surface area contributed by atoms with E-state index in [4.69, 9.17) is 9.84 Å². The summed E-state index contributed by atoms with van der Waals surface area (Å²) in [6, 6.07) is 8.03. The van der Waals surface area contributed by atoms with E-state index in [0.29, 0.717) is 0 Å². The lowest BCUT2D eigenvalue weighted by Crippen LogP contribution is -2.32. The number of carboxylic acids is 1. The maximum atomic E-state index is 11.1. The average molecular weight is 249 g/mol. The molecule has 4 heteroatoms. The van der Waals surface area contributed by atoms with Crippen molar-refractivity contribution < 1.29 is 14.6 Å². The summed E-state index contributed by atoms with van der Waals surface area (Å²) in [5.41, 5.74) is 1.19. The van der Waals surface area contributed by atoms with E-state index in [-0.39, 0.29) is 12.0 Å². The first-order chi connectivity index (χ1) is 8.61. The van der Waals surface area contributed by atoms with E-state index in [1.807, 2.05) is 31.2 Å². The molecule has 2 unspecified atom stereocenters. The van der Waals surface area contributed by atoms with Gasteiger partial charge in [0.25, 0.3) is 0 Å². The Labute approximate surface area is 107 Å². The molecule has 0 amide bonds. The van der Waals surface area contributed by atoms with Crippen LogP contribution in [-0.2, 0) is 11.3 Å². The van der Waals surface area contributed by atoms with Crippen LogP contribution in [0.1, 0.15) is 18.9 Å². The predicted molar refractivity (Wildman–Crippen MR) is 68.6 cm³/mol. The quantitative estimate of drug-likeness (QED) is 0.886. The number of benzene rings is 1. The van der Waals surface area contributed by atoms with Crippen molar-refractivity contribution in [1.29, 1.82) is 0 Å². The van der Waals surface area contributed by atoms with Crippen LogP contribution in [0, 0.1) is 5.92 Å². The van der Waals surface area contributed by atoms with Crippen LogP contribution in [0.25, 0.3) is 0 Å². The normalized spacial score (nSPS) is 24.1. The highest BCUT2D eigenvalue weighted by Gasteiger charge is 2.35. The molecule has 1 fully saturated rings. The number of aliphatic carboxylic acids is 1. The number of carboxylic acid groups (broad SMARTS) is 1. The molecule has 1 saturated heterocycles. The average Bonchev–Trinajstić information content (AvgIpc) is 2.72. The van der Waals surface area contributed by atoms with Gasteiger partial charge in [-0.2, -0.15) is 0 Å². The molecule has 1 heterocycles. The minimum atomic E-state index is -0.681. The van der Waals surface area contributed by atoms with Gasteiger partial charge in [-0.15, -0.1) is 0 Å². The van der Waals surface area contributed by atoms with Crippen molar-refractivity contribution in [2.24, 2.45) is 5.92 Å². The molecule has 0 bridgehead atoms. The maximum absolute atomic E-state index is 11.1. The number of rotatable bonds is 4. The van der Waals surface area contributed by atoms with E-state index in [9.17, 15) is 4.79 Å². The first-order valence-corrected chi connectivity index (χ1v) is 6.21. The monoisotopic (exact) mass is 249 g/mol. The van der Waals surface area contributed by atoms with Crippen molar-refractivity contribution >= 4 is 5.97 Å². The molecule has 2 atom stereocenters. The molecule has 1 aliphatic heterocycles. The van der Waals surface area contributed by atoms with Crippen LogP contribution in [0.5, 0.6) is 5.75 Å². The zero-order chi connectivity index (χ0) is 13.1. The summed E-state index contributed by atoms with van der Waals surface area (Å²) in [6.45, 7) is 3.65. The second-order valence-corrected chi connectivity index (χ2v) is 4.79. The fourth-order valence-electron chi connectivity index (χ4n) is 2.52. The van der Waals surface area contributed by atoms with E-state index < -0.39 is 5.97 Å². The van der Waals surface area contributed by atoms with E-state index in [2.05, 4.69) is 4.90 Å². The molecule has 98 valence electrons. The minimum absolute atomic E-state index is 0.101. The Hall–Kier alpha value is -1.55. The van der Waals surface area contributed by atoms with Gasteiger partial charge in [-0.1, -0.05) is 12.1 Å². The van der Waals surface area contributed by atoms with E-state index >= 15 is 0 Å². The summed E-state index contributed by atoms with van der Waals surface area (Å²) >= 11 is 0. The van der Waals surface area contributed by atoms with E-state index in [1.54, 1.807) is 7.11 Å². The molecule has 0 radical (unpaired) electrons. The van der Waals surface area contributed by atoms with Crippen LogP contribution in [0.3, 0.4) is 0 Å². The van der Waals surface area contributed by atoms with Gasteiger partial charge in [0.1, 0.15) is 5.75 Å².